The van der Waals surface area contributed by atoms with Gasteiger partial charge < -0.3 is 44.4 Å². The highest BCUT2D eigenvalue weighted by atomic mass is 35.5. The van der Waals surface area contributed by atoms with Crippen molar-refractivity contribution in [1.82, 2.24) is 40.1 Å². The molecule has 3 N–H and O–H groups in total. The lowest BCUT2D eigenvalue weighted by molar-refractivity contribution is -0.141. The Labute approximate surface area is 484 Å². The third-order valence-corrected chi connectivity index (χ3v) is 17.5. The van der Waals surface area contributed by atoms with E-state index in [4.69, 9.17) is 25.8 Å². The number of anilines is 2. The quantitative estimate of drug-likeness (QED) is 0.0682. The van der Waals surface area contributed by atoms with Crippen LogP contribution in [0.5, 0.6) is 11.8 Å². The number of benzene rings is 4. The van der Waals surface area contributed by atoms with Gasteiger partial charge in [-0.1, -0.05) is 85.7 Å². The number of fused-ring (bicyclic) bond motifs is 2. The molecule has 18 nitrogen and oxygen atoms in total. The molecule has 428 valence electrons. The van der Waals surface area contributed by atoms with Crippen LogP contribution in [0, 0.1) is 35.9 Å². The van der Waals surface area contributed by atoms with Gasteiger partial charge in [0, 0.05) is 69.8 Å². The molecule has 21 heteroatoms. The van der Waals surface area contributed by atoms with Gasteiger partial charge in [0.15, 0.2) is 17.4 Å². The van der Waals surface area contributed by atoms with Gasteiger partial charge in [0.25, 0.3) is 0 Å². The Kier molecular flexibility index (Phi) is 17.4. The van der Waals surface area contributed by atoms with E-state index in [9.17, 15) is 29.9 Å². The molecule has 0 unspecified atom stereocenters. The predicted octanol–water partition coefficient (Wildman–Crippen LogP) is 9.29. The summed E-state index contributed by atoms with van der Waals surface area (Å²) in [4.78, 5) is 65.4. The molecule has 0 aliphatic carbocycles. The molecule has 3 amide bonds. The molecule has 5 atom stereocenters. The lowest BCUT2D eigenvalue weighted by Gasteiger charge is -2.41. The number of halogens is 2. The number of aryl methyl sites for hydroxylation is 1. The maximum absolute atomic E-state index is 17.3. The Morgan fingerprint density at radius 3 is 2.51 bits per heavy atom. The van der Waals surface area contributed by atoms with Crippen molar-refractivity contribution in [1.29, 1.82) is 5.26 Å². The molecule has 3 saturated heterocycles. The van der Waals surface area contributed by atoms with Crippen LogP contribution in [-0.4, -0.2) is 147 Å². The highest BCUT2D eigenvalue weighted by Gasteiger charge is 2.44. The fourth-order valence-electron chi connectivity index (χ4n) is 11.8. The highest BCUT2D eigenvalue weighted by molar-refractivity contribution is 7.13. The van der Waals surface area contributed by atoms with Gasteiger partial charge >= 0.3 is 6.01 Å². The zero-order valence-electron chi connectivity index (χ0n) is 46.6. The zero-order valence-corrected chi connectivity index (χ0v) is 48.2. The van der Waals surface area contributed by atoms with E-state index in [1.165, 1.54) is 17.0 Å². The SMILES string of the molecule is C=CC(=O)N1CCN(c2nc(OCCN3CCC(CN(C)c4cc([C@H](C(=O)N5C[C@H](O)C[C@H]5C(=O)N[C@@H](C)c5ccc(-c6scnc6C)cc5)C(C)C)on4)CC3)nc3c(F)c(-c4cc(O)cc5ccccc45)c(Cl)cc23)C[C@@H]1CC#N. The second-order valence-electron chi connectivity index (χ2n) is 22.0. The summed E-state index contributed by atoms with van der Waals surface area (Å²) in [5.41, 5.74) is 5.18. The van der Waals surface area contributed by atoms with E-state index in [2.05, 4.69) is 38.0 Å². The summed E-state index contributed by atoms with van der Waals surface area (Å²) in [5, 5.41) is 40.6. The number of piperidine rings is 1. The number of amides is 3. The smallest absolute Gasteiger partial charge is 0.319 e. The van der Waals surface area contributed by atoms with Crippen molar-refractivity contribution >= 4 is 74.0 Å². The van der Waals surface area contributed by atoms with Gasteiger partial charge in [-0.25, -0.2) is 9.37 Å². The number of β-amino-alcohol motifs (C(OH)–C–C–N with tert-alkyl or cyclic N) is 1. The number of rotatable bonds is 18. The van der Waals surface area contributed by atoms with Gasteiger partial charge in [-0.3, -0.25) is 19.3 Å². The summed E-state index contributed by atoms with van der Waals surface area (Å²) in [6.45, 7) is 15.3. The molecule has 82 heavy (non-hydrogen) atoms. The predicted molar refractivity (Wildman–Crippen MR) is 314 cm³/mol. The van der Waals surface area contributed by atoms with Crippen LogP contribution in [0.25, 0.3) is 43.2 Å². The highest BCUT2D eigenvalue weighted by Crippen LogP contribution is 2.43. The third kappa shape index (κ3) is 12.1. The number of aromatic nitrogens is 4. The number of hydrogen-bond donors (Lipinski definition) is 3. The first kappa shape index (κ1) is 57.5. The minimum absolute atomic E-state index is 0.0309. The number of hydrogen-bond acceptors (Lipinski definition) is 16. The van der Waals surface area contributed by atoms with Crippen molar-refractivity contribution in [3.63, 3.8) is 0 Å². The number of nitrogens with one attached hydrogen (secondary N) is 1. The summed E-state index contributed by atoms with van der Waals surface area (Å²) >= 11 is 8.55. The van der Waals surface area contributed by atoms with Crippen LogP contribution in [0.15, 0.2) is 95.5 Å². The number of ether oxygens (including phenoxy) is 1. The standard InChI is InChI=1S/C61H67ClFN11O7S/c1-7-52(77)73-23-22-72(32-42(73)16-19-64)58-47-29-48(62)54(46-27-43(75)26-41-10-8-9-11-45(41)46)55(63)56(47)67-61(68-58)80-25-24-71-20-17-38(18-21-71)31-70(6)51-30-50(81-69-51)53(35(2)3)60(79)74-33-44(76)28-49(74)59(78)66-36(4)39-12-14-40(15-13-39)57-37(5)65-34-82-57/h7-15,26-27,29-30,34-36,38,42,44,49,53,75-76H,1,16-18,20-25,28,31-33H2,2-6H3,(H,66,78)/t36-,42-,44+,49-,53+/m0/s1. The van der Waals surface area contributed by atoms with Crippen molar-refractivity contribution in [2.45, 2.75) is 83.5 Å². The zero-order chi connectivity index (χ0) is 57.9. The van der Waals surface area contributed by atoms with Gasteiger partial charge in [0.2, 0.25) is 17.7 Å². The molecule has 6 heterocycles. The van der Waals surface area contributed by atoms with Crippen molar-refractivity contribution in [2.75, 3.05) is 75.8 Å². The van der Waals surface area contributed by atoms with E-state index < -0.39 is 29.9 Å². The lowest BCUT2D eigenvalue weighted by atomic mass is 9.91. The van der Waals surface area contributed by atoms with Gasteiger partial charge in [-0.2, -0.15) is 15.2 Å². The fourth-order valence-corrected chi connectivity index (χ4v) is 12.9. The number of carbonyl (C=O) groups is 3. The van der Waals surface area contributed by atoms with E-state index >= 15 is 4.39 Å². The molecule has 4 aromatic carbocycles. The summed E-state index contributed by atoms with van der Waals surface area (Å²) in [6.07, 6.45) is 2.34. The molecule has 3 aliphatic rings. The minimum atomic E-state index is -0.857. The van der Waals surface area contributed by atoms with Crippen LogP contribution in [-0.2, 0) is 14.4 Å². The van der Waals surface area contributed by atoms with Crippen LogP contribution < -0.4 is 19.9 Å². The van der Waals surface area contributed by atoms with E-state index in [1.54, 1.807) is 34.4 Å². The Hall–Kier alpha value is -7.70. The third-order valence-electron chi connectivity index (χ3n) is 16.2. The molecular formula is C61H67ClFN11O7S. The maximum Gasteiger partial charge on any atom is 0.319 e. The minimum Gasteiger partial charge on any atom is -0.508 e. The van der Waals surface area contributed by atoms with Gasteiger partial charge in [-0.15, -0.1) is 11.3 Å². The Bertz CT molecular complexity index is 3550. The van der Waals surface area contributed by atoms with Crippen molar-refractivity contribution in [3.05, 3.63) is 119 Å². The van der Waals surface area contributed by atoms with Gasteiger partial charge in [-0.05, 0) is 103 Å². The monoisotopic (exact) mass is 1150 g/mol. The van der Waals surface area contributed by atoms with E-state index in [1.807, 2.05) is 98.6 Å². The van der Waals surface area contributed by atoms with Crippen LogP contribution in [0.2, 0.25) is 5.02 Å². The first-order chi connectivity index (χ1) is 39.5. The number of piperazine rings is 1. The normalized spacial score (nSPS) is 18.7. The second kappa shape index (κ2) is 24.8. The first-order valence-corrected chi connectivity index (χ1v) is 29.0. The number of aliphatic hydroxyl groups excluding tert-OH is 1. The van der Waals surface area contributed by atoms with Crippen molar-refractivity contribution in [3.8, 4) is 39.4 Å². The molecule has 10 rings (SSSR count). The Morgan fingerprint density at radius 1 is 1.02 bits per heavy atom. The second-order valence-corrected chi connectivity index (χ2v) is 23.3. The summed E-state index contributed by atoms with van der Waals surface area (Å²) in [6, 6.07) is 22.3. The number of phenolic OH excluding ortho intramolecular Hbond substituents is 1. The van der Waals surface area contributed by atoms with E-state index in [-0.39, 0.29) is 96.6 Å². The number of nitriles is 1. The molecule has 7 aromatic rings. The molecule has 0 bridgehead atoms. The van der Waals surface area contributed by atoms with E-state index in [0.717, 1.165) is 47.6 Å². The average molecular weight is 1150 g/mol. The van der Waals surface area contributed by atoms with Gasteiger partial charge in [0.1, 0.15) is 35.7 Å². The number of carbonyl (C=O) groups excluding carboxylic acids is 3. The number of phenols is 1. The largest absolute Gasteiger partial charge is 0.508 e. The Morgan fingerprint density at radius 2 is 1.79 bits per heavy atom. The molecule has 0 radical (unpaired) electrons. The molecular weight excluding hydrogens is 1090 g/mol. The molecule has 0 saturated carbocycles. The summed E-state index contributed by atoms with van der Waals surface area (Å²) < 4.78 is 29.5. The number of thiazole rings is 1. The topological polar surface area (TPSA) is 218 Å². The molecule has 3 aromatic heterocycles. The van der Waals surface area contributed by atoms with Crippen LogP contribution in [0.4, 0.5) is 16.0 Å². The first-order valence-electron chi connectivity index (χ1n) is 27.8. The van der Waals surface area contributed by atoms with E-state index in [0.29, 0.717) is 64.7 Å². The number of aromatic hydroxyl groups is 1. The molecule has 3 aliphatic heterocycles. The molecule has 3 fully saturated rings. The fraction of sp³-hybridized carbons (Fsp3) is 0.410. The Balaban J connectivity index is 0.774. The van der Waals surface area contributed by atoms with Crippen LogP contribution in [0.1, 0.15) is 75.4 Å². The van der Waals surface area contributed by atoms with Crippen LogP contribution >= 0.6 is 22.9 Å². The number of nitrogens with zero attached hydrogens (tertiary/aromatic N) is 10. The van der Waals surface area contributed by atoms with Crippen LogP contribution in [0.3, 0.4) is 0 Å². The molecule has 0 spiro atoms. The van der Waals surface area contributed by atoms with Crippen molar-refractivity contribution in [2.24, 2.45) is 11.8 Å². The average Bonchev–Trinajstić information content (AvgIpc) is 3.21. The lowest BCUT2D eigenvalue weighted by Crippen LogP contribution is -2.55. The summed E-state index contributed by atoms with van der Waals surface area (Å²) in [7, 11) is 1.95. The van der Waals surface area contributed by atoms with Crippen molar-refractivity contribution < 1.29 is 38.2 Å². The maximum atomic E-state index is 17.3. The van der Waals surface area contributed by atoms with Gasteiger partial charge in [0.05, 0.1) is 51.8 Å². The number of likely N-dealkylation sites (tertiary alicyclic amines) is 2. The number of aliphatic hydroxyl groups is 1. The summed E-state index contributed by atoms with van der Waals surface area (Å²) in [5.74, 6) is -0.961.